The number of rotatable bonds is 3. The van der Waals surface area contributed by atoms with Gasteiger partial charge in [-0.15, -0.1) is 0 Å². The van der Waals surface area contributed by atoms with Crippen LogP contribution in [0, 0.1) is 5.92 Å². The molecule has 2 heterocycles. The molecule has 2 atom stereocenters. The lowest BCUT2D eigenvalue weighted by molar-refractivity contribution is 0.0632. The van der Waals surface area contributed by atoms with Crippen molar-refractivity contribution in [2.24, 2.45) is 5.92 Å². The predicted molar refractivity (Wildman–Crippen MR) is 90.6 cm³/mol. The van der Waals surface area contributed by atoms with Crippen LogP contribution < -0.4 is 0 Å². The first-order valence-electron chi connectivity index (χ1n) is 7.59. The number of nitrogens with zero attached hydrogens (tertiary/aromatic N) is 3. The summed E-state index contributed by atoms with van der Waals surface area (Å²) in [4.78, 5) is 14.3. The van der Waals surface area contributed by atoms with Gasteiger partial charge in [0.25, 0.3) is 5.91 Å². The summed E-state index contributed by atoms with van der Waals surface area (Å²) in [5.74, 6) is 0.290. The highest BCUT2D eigenvalue weighted by Crippen LogP contribution is 2.28. The van der Waals surface area contributed by atoms with Crippen LogP contribution in [0.1, 0.15) is 28.8 Å². The zero-order chi connectivity index (χ0) is 16.2. The minimum Gasteiger partial charge on any atom is -0.322 e. The van der Waals surface area contributed by atoms with Gasteiger partial charge in [0.2, 0.25) is 0 Å². The first-order chi connectivity index (χ1) is 11.1. The summed E-state index contributed by atoms with van der Waals surface area (Å²) in [6.45, 7) is 0.641. The molecule has 2 unspecified atom stereocenters. The quantitative estimate of drug-likeness (QED) is 0.625. The van der Waals surface area contributed by atoms with Crippen LogP contribution in [0.2, 0.25) is 5.02 Å². The third kappa shape index (κ3) is 4.01. The smallest absolute Gasteiger partial charge is 0.256 e. The minimum atomic E-state index is -0.272. The van der Waals surface area contributed by atoms with Crippen LogP contribution in [-0.4, -0.2) is 33.1 Å². The van der Waals surface area contributed by atoms with Crippen molar-refractivity contribution in [2.45, 2.75) is 24.8 Å². The first kappa shape index (κ1) is 16.2. The number of piperidine rings is 1. The first-order valence-corrected chi connectivity index (χ1v) is 8.41. The highest BCUT2D eigenvalue weighted by Gasteiger charge is 2.31. The van der Waals surface area contributed by atoms with Crippen molar-refractivity contribution in [3.8, 4) is 0 Å². The fourth-order valence-electron chi connectivity index (χ4n) is 2.97. The number of carbonyl (C=O) groups excluding carboxylic acids is 1. The number of carbonyl (C=O) groups is 1. The molecule has 0 spiro atoms. The van der Waals surface area contributed by atoms with E-state index in [0.717, 1.165) is 24.3 Å². The van der Waals surface area contributed by atoms with Crippen LogP contribution in [0.4, 0.5) is 0 Å². The molecule has 0 aliphatic carbocycles. The topological polar surface area (TPSA) is 46.1 Å². The Kier molecular flexibility index (Phi) is 5.13. The Morgan fingerprint density at radius 1 is 1.26 bits per heavy atom. The van der Waals surface area contributed by atoms with Gasteiger partial charge in [-0.25, -0.2) is 0 Å². The van der Waals surface area contributed by atoms with E-state index in [0.29, 0.717) is 18.0 Å². The monoisotopic (exact) mass is 349 g/mol. The van der Waals surface area contributed by atoms with E-state index in [1.807, 2.05) is 18.2 Å². The van der Waals surface area contributed by atoms with Crippen LogP contribution in [0.3, 0.4) is 0 Å². The van der Waals surface area contributed by atoms with E-state index in [4.69, 9.17) is 23.2 Å². The molecule has 6 heteroatoms. The Bertz CT molecular complexity index is 681. The van der Waals surface area contributed by atoms with E-state index >= 15 is 0 Å². The normalized spacial score (nSPS) is 21.2. The third-order valence-electron chi connectivity index (χ3n) is 4.11. The highest BCUT2D eigenvalue weighted by atomic mass is 35.5. The fraction of sp³-hybridized carbons (Fsp3) is 0.353. The molecule has 1 aromatic carbocycles. The summed E-state index contributed by atoms with van der Waals surface area (Å²) >= 11 is 12.4. The summed E-state index contributed by atoms with van der Waals surface area (Å²) in [5.41, 5.74) is 1.44. The molecule has 23 heavy (non-hydrogen) atoms. The van der Waals surface area contributed by atoms with E-state index in [-0.39, 0.29) is 11.4 Å². The van der Waals surface area contributed by atoms with Crippen molar-refractivity contribution in [2.75, 3.05) is 6.54 Å². The second-order valence-corrected chi connectivity index (χ2v) is 6.74. The predicted octanol–water partition coefficient (Wildman–Crippen LogP) is 3.79. The van der Waals surface area contributed by atoms with E-state index in [2.05, 4.69) is 16.3 Å². The summed E-state index contributed by atoms with van der Waals surface area (Å²) in [5, 5.41) is 8.21. The van der Waals surface area contributed by atoms with Crippen LogP contribution in [0.15, 0.2) is 42.7 Å². The number of benzene rings is 1. The molecule has 1 fully saturated rings. The van der Waals surface area contributed by atoms with Gasteiger partial charge in [-0.05, 0) is 48.9 Å². The molecule has 4 nitrogen and oxygen atoms in total. The van der Waals surface area contributed by atoms with Crippen molar-refractivity contribution >= 4 is 29.1 Å². The Morgan fingerprint density at radius 2 is 2.13 bits per heavy atom. The molecule has 0 bridgehead atoms. The molecule has 0 saturated carbocycles. The van der Waals surface area contributed by atoms with Crippen LogP contribution in [0.5, 0.6) is 0 Å². The zero-order valence-corrected chi connectivity index (χ0v) is 14.0. The fourth-order valence-corrected chi connectivity index (χ4v) is 3.48. The number of aromatic nitrogens is 2. The number of hydrogen-bond donors (Lipinski definition) is 0. The molecule has 1 saturated heterocycles. The largest absolute Gasteiger partial charge is 0.322 e. The third-order valence-corrected chi connectivity index (χ3v) is 4.80. The van der Waals surface area contributed by atoms with Crippen LogP contribution in [-0.2, 0) is 6.42 Å². The Morgan fingerprint density at radius 3 is 2.87 bits per heavy atom. The molecule has 3 rings (SSSR count). The van der Waals surface area contributed by atoms with Gasteiger partial charge in [0.1, 0.15) is 5.50 Å². The van der Waals surface area contributed by atoms with Crippen LogP contribution in [0.25, 0.3) is 0 Å². The molecule has 2 aromatic rings. The van der Waals surface area contributed by atoms with E-state index < -0.39 is 0 Å². The van der Waals surface area contributed by atoms with Gasteiger partial charge in [0.05, 0.1) is 18.0 Å². The van der Waals surface area contributed by atoms with Crippen LogP contribution >= 0.6 is 23.2 Å². The molecule has 0 N–H and O–H groups in total. The summed E-state index contributed by atoms with van der Waals surface area (Å²) in [7, 11) is 0. The number of amides is 1. The van der Waals surface area contributed by atoms with Gasteiger partial charge in [-0.2, -0.15) is 10.2 Å². The van der Waals surface area contributed by atoms with Gasteiger partial charge in [-0.3, -0.25) is 4.79 Å². The van der Waals surface area contributed by atoms with Gasteiger partial charge in [0, 0.05) is 11.6 Å². The van der Waals surface area contributed by atoms with Crippen molar-refractivity contribution in [3.63, 3.8) is 0 Å². The maximum absolute atomic E-state index is 12.6. The Hall–Kier alpha value is -1.65. The lowest BCUT2D eigenvalue weighted by Crippen LogP contribution is -2.45. The van der Waals surface area contributed by atoms with E-state index in [1.165, 1.54) is 18.0 Å². The van der Waals surface area contributed by atoms with Gasteiger partial charge >= 0.3 is 0 Å². The molecular formula is C17H17Cl2N3O. The zero-order valence-electron chi connectivity index (χ0n) is 12.5. The maximum atomic E-state index is 12.6. The minimum absolute atomic E-state index is 0.0873. The van der Waals surface area contributed by atoms with Crippen molar-refractivity contribution < 1.29 is 4.79 Å². The second-order valence-electron chi connectivity index (χ2n) is 5.80. The van der Waals surface area contributed by atoms with Gasteiger partial charge in [-0.1, -0.05) is 35.3 Å². The summed E-state index contributed by atoms with van der Waals surface area (Å²) < 4.78 is 0. The Labute approximate surface area is 145 Å². The molecule has 1 aliphatic rings. The molecular weight excluding hydrogens is 333 g/mol. The highest BCUT2D eigenvalue weighted by molar-refractivity contribution is 6.30. The molecule has 1 aromatic heterocycles. The molecule has 120 valence electrons. The van der Waals surface area contributed by atoms with Gasteiger partial charge < -0.3 is 4.90 Å². The SMILES string of the molecule is O=C(c1ccnnc1)N1CC(Cc2cccc(Cl)c2)CCC1Cl. The summed E-state index contributed by atoms with van der Waals surface area (Å²) in [6.07, 6.45) is 5.68. The Balaban J connectivity index is 1.70. The number of hydrogen-bond acceptors (Lipinski definition) is 3. The summed E-state index contributed by atoms with van der Waals surface area (Å²) in [6, 6.07) is 9.54. The number of alkyl halides is 1. The number of likely N-dealkylation sites (tertiary alicyclic amines) is 1. The lowest BCUT2D eigenvalue weighted by Gasteiger charge is -2.36. The standard InChI is InChI=1S/C17H17Cl2N3O/c18-15-3-1-2-12(9-15)8-13-4-5-16(19)22(11-13)17(23)14-6-7-20-21-10-14/h1-3,6-7,9-10,13,16H,4-5,8,11H2. The maximum Gasteiger partial charge on any atom is 0.256 e. The number of halogens is 2. The lowest BCUT2D eigenvalue weighted by atomic mass is 9.91. The van der Waals surface area contributed by atoms with Crippen molar-refractivity contribution in [1.29, 1.82) is 0 Å². The van der Waals surface area contributed by atoms with Crippen molar-refractivity contribution in [1.82, 2.24) is 15.1 Å². The second kappa shape index (κ2) is 7.28. The molecule has 1 amide bonds. The van der Waals surface area contributed by atoms with E-state index in [1.54, 1.807) is 11.0 Å². The molecule has 1 aliphatic heterocycles. The molecule has 0 radical (unpaired) electrons. The average Bonchev–Trinajstić information content (AvgIpc) is 2.57. The average molecular weight is 350 g/mol. The van der Waals surface area contributed by atoms with E-state index in [9.17, 15) is 4.79 Å². The van der Waals surface area contributed by atoms with Gasteiger partial charge in [0.15, 0.2) is 0 Å². The van der Waals surface area contributed by atoms with Crippen molar-refractivity contribution in [3.05, 3.63) is 58.9 Å².